The van der Waals surface area contributed by atoms with Crippen molar-refractivity contribution in [1.29, 1.82) is 0 Å². The topological polar surface area (TPSA) is 29.5 Å². The molecule has 1 aromatic carbocycles. The molecule has 0 aromatic heterocycles. The fraction of sp³-hybridized carbons (Fsp3) is 0.500. The molecule has 2 rings (SSSR count). The van der Waals surface area contributed by atoms with Crippen molar-refractivity contribution < 1.29 is 9.53 Å². The quantitative estimate of drug-likeness (QED) is 0.842. The van der Waals surface area contributed by atoms with E-state index in [0.717, 1.165) is 31.7 Å². The number of rotatable bonds is 3. The number of nitrogens with zero attached hydrogens (tertiary/aromatic N) is 1. The molecular formula is C14H18ClNO2. The van der Waals surface area contributed by atoms with Crippen LogP contribution in [0, 0.1) is 0 Å². The van der Waals surface area contributed by atoms with Gasteiger partial charge in [-0.25, -0.2) is 0 Å². The van der Waals surface area contributed by atoms with E-state index in [2.05, 4.69) is 0 Å². The summed E-state index contributed by atoms with van der Waals surface area (Å²) in [4.78, 5) is 13.5. The summed E-state index contributed by atoms with van der Waals surface area (Å²) >= 11 is 6.06. The van der Waals surface area contributed by atoms with E-state index in [1.807, 2.05) is 36.1 Å². The van der Waals surface area contributed by atoms with E-state index < -0.39 is 0 Å². The summed E-state index contributed by atoms with van der Waals surface area (Å²) in [5.41, 5.74) is 0. The van der Waals surface area contributed by atoms with Crippen LogP contribution < -0.4 is 4.74 Å². The lowest BCUT2D eigenvalue weighted by Crippen LogP contribution is -2.41. The minimum Gasteiger partial charge on any atom is -0.489 e. The number of carbonyl (C=O) groups is 1. The first kappa shape index (κ1) is 13.2. The molecule has 18 heavy (non-hydrogen) atoms. The maximum absolute atomic E-state index is 11.5. The standard InChI is InChI=1S/C14H18ClNO2/c1-2-14(17)16-9-7-11(8-10-16)18-13-6-4-3-5-12(13)15/h3-6,11H,2,7-10H2,1H3. The van der Waals surface area contributed by atoms with Crippen LogP contribution in [0.5, 0.6) is 5.75 Å². The van der Waals surface area contributed by atoms with Crippen molar-refractivity contribution in [3.63, 3.8) is 0 Å². The van der Waals surface area contributed by atoms with E-state index in [1.54, 1.807) is 0 Å². The number of halogens is 1. The Labute approximate surface area is 113 Å². The molecule has 0 radical (unpaired) electrons. The Bertz CT molecular complexity index is 414. The SMILES string of the molecule is CCC(=O)N1CCC(Oc2ccccc2Cl)CC1. The highest BCUT2D eigenvalue weighted by Gasteiger charge is 2.23. The monoisotopic (exact) mass is 267 g/mol. The molecule has 3 nitrogen and oxygen atoms in total. The maximum Gasteiger partial charge on any atom is 0.222 e. The zero-order valence-corrected chi connectivity index (χ0v) is 11.3. The Morgan fingerprint density at radius 1 is 1.39 bits per heavy atom. The number of likely N-dealkylation sites (tertiary alicyclic amines) is 1. The number of piperidine rings is 1. The van der Waals surface area contributed by atoms with Crippen molar-refractivity contribution in [2.75, 3.05) is 13.1 Å². The molecule has 0 aliphatic carbocycles. The fourth-order valence-electron chi connectivity index (χ4n) is 2.17. The van der Waals surface area contributed by atoms with Gasteiger partial charge in [-0.05, 0) is 12.1 Å². The van der Waals surface area contributed by atoms with Gasteiger partial charge in [0.15, 0.2) is 0 Å². The summed E-state index contributed by atoms with van der Waals surface area (Å²) in [6.45, 7) is 3.46. The summed E-state index contributed by atoms with van der Waals surface area (Å²) in [6.07, 6.45) is 2.48. The molecule has 0 spiro atoms. The highest BCUT2D eigenvalue weighted by atomic mass is 35.5. The van der Waals surface area contributed by atoms with Crippen LogP contribution in [0.3, 0.4) is 0 Å². The van der Waals surface area contributed by atoms with Gasteiger partial charge in [0, 0.05) is 32.4 Å². The Morgan fingerprint density at radius 3 is 2.67 bits per heavy atom. The first-order valence-corrected chi connectivity index (χ1v) is 6.77. The summed E-state index contributed by atoms with van der Waals surface area (Å²) in [6, 6.07) is 7.51. The molecule has 0 unspecified atom stereocenters. The van der Waals surface area contributed by atoms with E-state index in [-0.39, 0.29) is 12.0 Å². The van der Waals surface area contributed by atoms with Gasteiger partial charge < -0.3 is 9.64 Å². The van der Waals surface area contributed by atoms with E-state index in [4.69, 9.17) is 16.3 Å². The van der Waals surface area contributed by atoms with Gasteiger partial charge in [-0.15, -0.1) is 0 Å². The number of para-hydroxylation sites is 1. The summed E-state index contributed by atoms with van der Waals surface area (Å²) in [5.74, 6) is 0.964. The second-order valence-electron chi connectivity index (χ2n) is 4.48. The molecule has 1 amide bonds. The second kappa shape index (κ2) is 6.10. The Hall–Kier alpha value is -1.22. The molecule has 1 aliphatic heterocycles. The molecule has 1 aliphatic rings. The van der Waals surface area contributed by atoms with Crippen LogP contribution in [0.15, 0.2) is 24.3 Å². The number of ether oxygens (including phenoxy) is 1. The average Bonchev–Trinajstić information content (AvgIpc) is 2.41. The molecule has 0 N–H and O–H groups in total. The molecular weight excluding hydrogens is 250 g/mol. The van der Waals surface area contributed by atoms with E-state index in [1.165, 1.54) is 0 Å². The highest BCUT2D eigenvalue weighted by molar-refractivity contribution is 6.32. The lowest BCUT2D eigenvalue weighted by Gasteiger charge is -2.32. The van der Waals surface area contributed by atoms with Gasteiger partial charge in [0.25, 0.3) is 0 Å². The fourth-order valence-corrected chi connectivity index (χ4v) is 2.35. The molecule has 1 fully saturated rings. The van der Waals surface area contributed by atoms with Crippen molar-refractivity contribution in [1.82, 2.24) is 4.90 Å². The van der Waals surface area contributed by atoms with Crippen LogP contribution in [-0.4, -0.2) is 30.0 Å². The van der Waals surface area contributed by atoms with Crippen LogP contribution in [0.2, 0.25) is 5.02 Å². The summed E-state index contributed by atoms with van der Waals surface area (Å²) in [5, 5.41) is 0.643. The number of hydrogen-bond donors (Lipinski definition) is 0. The molecule has 1 saturated heterocycles. The summed E-state index contributed by atoms with van der Waals surface area (Å²) in [7, 11) is 0. The Morgan fingerprint density at radius 2 is 2.06 bits per heavy atom. The molecule has 1 aromatic rings. The van der Waals surface area contributed by atoms with Crippen LogP contribution in [0.25, 0.3) is 0 Å². The third-order valence-electron chi connectivity index (χ3n) is 3.23. The van der Waals surface area contributed by atoms with E-state index in [0.29, 0.717) is 11.4 Å². The van der Waals surface area contributed by atoms with Crippen LogP contribution >= 0.6 is 11.6 Å². The Balaban J connectivity index is 1.87. The zero-order valence-electron chi connectivity index (χ0n) is 10.6. The largest absolute Gasteiger partial charge is 0.489 e. The average molecular weight is 268 g/mol. The minimum atomic E-state index is 0.158. The van der Waals surface area contributed by atoms with E-state index in [9.17, 15) is 4.79 Å². The van der Waals surface area contributed by atoms with Crippen LogP contribution in [0.4, 0.5) is 0 Å². The van der Waals surface area contributed by atoms with Gasteiger partial charge in [0.2, 0.25) is 5.91 Å². The molecule has 1 heterocycles. The smallest absolute Gasteiger partial charge is 0.222 e. The maximum atomic E-state index is 11.5. The Kier molecular flexibility index (Phi) is 4.48. The molecule has 0 bridgehead atoms. The third kappa shape index (κ3) is 3.16. The lowest BCUT2D eigenvalue weighted by atomic mass is 10.1. The van der Waals surface area contributed by atoms with Gasteiger partial charge in [0.1, 0.15) is 11.9 Å². The number of carbonyl (C=O) groups excluding carboxylic acids is 1. The van der Waals surface area contributed by atoms with Gasteiger partial charge in [-0.3, -0.25) is 4.79 Å². The number of benzene rings is 1. The van der Waals surface area contributed by atoms with Gasteiger partial charge in [0.05, 0.1) is 5.02 Å². The minimum absolute atomic E-state index is 0.158. The van der Waals surface area contributed by atoms with Crippen LogP contribution in [-0.2, 0) is 4.79 Å². The zero-order chi connectivity index (χ0) is 13.0. The normalized spacial score (nSPS) is 16.7. The molecule has 98 valence electrons. The molecule has 0 atom stereocenters. The van der Waals surface area contributed by atoms with Crippen molar-refractivity contribution in [2.24, 2.45) is 0 Å². The highest BCUT2D eigenvalue weighted by Crippen LogP contribution is 2.26. The van der Waals surface area contributed by atoms with Crippen molar-refractivity contribution in [2.45, 2.75) is 32.3 Å². The first-order chi connectivity index (χ1) is 8.70. The summed E-state index contributed by atoms with van der Waals surface area (Å²) < 4.78 is 5.88. The molecule has 4 heteroatoms. The van der Waals surface area contributed by atoms with Crippen molar-refractivity contribution >= 4 is 17.5 Å². The van der Waals surface area contributed by atoms with Crippen LogP contribution in [0.1, 0.15) is 26.2 Å². The predicted octanol–water partition coefficient (Wildman–Crippen LogP) is 3.12. The van der Waals surface area contributed by atoms with Crippen molar-refractivity contribution in [3.05, 3.63) is 29.3 Å². The number of hydrogen-bond acceptors (Lipinski definition) is 2. The molecule has 0 saturated carbocycles. The van der Waals surface area contributed by atoms with Gasteiger partial charge >= 0.3 is 0 Å². The third-order valence-corrected chi connectivity index (χ3v) is 3.54. The second-order valence-corrected chi connectivity index (χ2v) is 4.89. The number of amides is 1. The van der Waals surface area contributed by atoms with Gasteiger partial charge in [-0.2, -0.15) is 0 Å². The van der Waals surface area contributed by atoms with E-state index >= 15 is 0 Å². The lowest BCUT2D eigenvalue weighted by molar-refractivity contribution is -0.132. The first-order valence-electron chi connectivity index (χ1n) is 6.39. The van der Waals surface area contributed by atoms with Crippen molar-refractivity contribution in [3.8, 4) is 5.75 Å². The van der Waals surface area contributed by atoms with Gasteiger partial charge in [-0.1, -0.05) is 30.7 Å². The predicted molar refractivity (Wildman–Crippen MR) is 72.0 cm³/mol.